The van der Waals surface area contributed by atoms with Crippen LogP contribution in [0.2, 0.25) is 5.02 Å². The van der Waals surface area contributed by atoms with Gasteiger partial charge < -0.3 is 14.4 Å². The second kappa shape index (κ2) is 7.73. The first-order valence-electron chi connectivity index (χ1n) is 9.01. The molecule has 1 aliphatic rings. The third-order valence-corrected chi connectivity index (χ3v) is 5.77. The quantitative estimate of drug-likeness (QED) is 0.745. The van der Waals surface area contributed by atoms with Gasteiger partial charge in [0, 0.05) is 34.6 Å². The Kier molecular flexibility index (Phi) is 5.62. The Morgan fingerprint density at radius 1 is 1.08 bits per heavy atom. The van der Waals surface area contributed by atoms with Gasteiger partial charge in [0.2, 0.25) is 5.78 Å². The van der Waals surface area contributed by atoms with Crippen molar-refractivity contribution in [3.05, 3.63) is 57.9 Å². The number of ketones is 1. The first kappa shape index (κ1) is 18.2. The van der Waals surface area contributed by atoms with Crippen LogP contribution in [0.25, 0.3) is 0 Å². The lowest BCUT2D eigenvalue weighted by Gasteiger charge is -2.29. The molecule has 5 heteroatoms. The van der Waals surface area contributed by atoms with Gasteiger partial charge in [0.05, 0.1) is 0 Å². The van der Waals surface area contributed by atoms with Crippen LogP contribution in [0.1, 0.15) is 27.3 Å². The van der Waals surface area contributed by atoms with Crippen LogP contribution in [0.3, 0.4) is 0 Å². The van der Waals surface area contributed by atoms with Crippen LogP contribution in [-0.4, -0.2) is 43.1 Å². The van der Waals surface area contributed by atoms with Gasteiger partial charge in [0.15, 0.2) is 0 Å². The summed E-state index contributed by atoms with van der Waals surface area (Å²) in [5, 5.41) is 0.790. The summed E-state index contributed by atoms with van der Waals surface area (Å²) in [7, 11) is 2.02. The molecule has 1 aliphatic heterocycles. The molecule has 2 N–H and O–H groups in total. The van der Waals surface area contributed by atoms with Crippen molar-refractivity contribution in [3.63, 3.8) is 0 Å². The zero-order valence-corrected chi connectivity index (χ0v) is 16.1. The minimum atomic E-state index is 0.275. The third kappa shape index (κ3) is 4.32. The Labute approximate surface area is 155 Å². The van der Waals surface area contributed by atoms with Crippen LogP contribution >= 0.6 is 11.6 Å². The number of nitrogens with zero attached hydrogens (tertiary/aromatic N) is 1. The molecule has 1 fully saturated rings. The number of carbonyl (C=O) groups excluding carboxylic acids is 1. The number of halogens is 1. The molecule has 0 unspecified atom stereocenters. The number of aryl methyl sites for hydroxylation is 1. The standard InChI is InChI=1S/C20H26ClN3O/c1-15-12-19(16(2)22(15)3)20(25)14-24-10-8-23(9-11-24)13-17-4-6-18(21)7-5-17/h4-7,12H,8-11,13-14H2,1-3H3/p+2. The molecule has 0 spiro atoms. The second-order valence-electron chi connectivity index (χ2n) is 7.25. The minimum Gasteiger partial charge on any atom is -0.351 e. The number of nitrogens with one attached hydrogen (secondary N) is 2. The maximum atomic E-state index is 12.7. The van der Waals surface area contributed by atoms with Gasteiger partial charge in [-0.15, -0.1) is 0 Å². The summed E-state index contributed by atoms with van der Waals surface area (Å²) < 4.78 is 2.09. The number of quaternary nitrogens is 2. The molecule has 3 rings (SSSR count). The Morgan fingerprint density at radius 2 is 1.68 bits per heavy atom. The molecule has 1 aromatic heterocycles. The highest BCUT2D eigenvalue weighted by Crippen LogP contribution is 2.13. The average Bonchev–Trinajstić information content (AvgIpc) is 2.86. The fourth-order valence-electron chi connectivity index (χ4n) is 3.66. The van der Waals surface area contributed by atoms with Crippen molar-refractivity contribution < 1.29 is 14.6 Å². The summed E-state index contributed by atoms with van der Waals surface area (Å²) >= 11 is 5.95. The summed E-state index contributed by atoms with van der Waals surface area (Å²) in [5.74, 6) is 0.275. The number of benzene rings is 1. The molecule has 0 amide bonds. The van der Waals surface area contributed by atoms with E-state index in [1.54, 1.807) is 4.90 Å². The van der Waals surface area contributed by atoms with Gasteiger partial charge in [0.1, 0.15) is 39.3 Å². The van der Waals surface area contributed by atoms with Gasteiger partial charge in [-0.3, -0.25) is 4.79 Å². The third-order valence-electron chi connectivity index (χ3n) is 5.52. The van der Waals surface area contributed by atoms with Gasteiger partial charge in [-0.2, -0.15) is 0 Å². The van der Waals surface area contributed by atoms with E-state index >= 15 is 0 Å². The summed E-state index contributed by atoms with van der Waals surface area (Å²) in [4.78, 5) is 15.6. The van der Waals surface area contributed by atoms with Gasteiger partial charge in [-0.1, -0.05) is 23.7 Å². The van der Waals surface area contributed by atoms with Crippen molar-refractivity contribution in [1.29, 1.82) is 0 Å². The highest BCUT2D eigenvalue weighted by molar-refractivity contribution is 6.30. The molecular formula is C20H28ClN3O+2. The fraction of sp³-hybridized carbons (Fsp3) is 0.450. The lowest BCUT2D eigenvalue weighted by atomic mass is 10.1. The smallest absolute Gasteiger partial charge is 0.218 e. The van der Waals surface area contributed by atoms with Gasteiger partial charge in [0.25, 0.3) is 0 Å². The lowest BCUT2D eigenvalue weighted by molar-refractivity contribution is -1.01. The van der Waals surface area contributed by atoms with Crippen LogP contribution in [0, 0.1) is 13.8 Å². The Balaban J connectivity index is 1.51. The topological polar surface area (TPSA) is 30.9 Å². The second-order valence-corrected chi connectivity index (χ2v) is 7.68. The van der Waals surface area contributed by atoms with Crippen molar-refractivity contribution in [2.45, 2.75) is 20.4 Å². The van der Waals surface area contributed by atoms with E-state index in [1.165, 1.54) is 10.5 Å². The molecule has 2 heterocycles. The summed E-state index contributed by atoms with van der Waals surface area (Å²) in [6.45, 7) is 10.1. The average molecular weight is 362 g/mol. The zero-order chi connectivity index (χ0) is 18.0. The van der Waals surface area contributed by atoms with Crippen molar-refractivity contribution in [3.8, 4) is 0 Å². The first-order valence-corrected chi connectivity index (χ1v) is 9.39. The maximum absolute atomic E-state index is 12.7. The largest absolute Gasteiger partial charge is 0.351 e. The number of piperazine rings is 1. The summed E-state index contributed by atoms with van der Waals surface area (Å²) in [6.07, 6.45) is 0. The molecule has 25 heavy (non-hydrogen) atoms. The zero-order valence-electron chi connectivity index (χ0n) is 15.4. The first-order chi connectivity index (χ1) is 11.9. The molecule has 4 nitrogen and oxygen atoms in total. The van der Waals surface area contributed by atoms with E-state index in [1.807, 2.05) is 32.2 Å². The molecule has 2 aromatic rings. The Morgan fingerprint density at radius 3 is 2.24 bits per heavy atom. The minimum absolute atomic E-state index is 0.275. The number of hydrogen-bond acceptors (Lipinski definition) is 1. The molecule has 0 radical (unpaired) electrons. The van der Waals surface area contributed by atoms with E-state index < -0.39 is 0 Å². The van der Waals surface area contributed by atoms with Gasteiger partial charge in [-0.05, 0) is 32.0 Å². The van der Waals surface area contributed by atoms with Gasteiger partial charge in [-0.25, -0.2) is 0 Å². The van der Waals surface area contributed by atoms with Crippen LogP contribution in [-0.2, 0) is 13.6 Å². The van der Waals surface area contributed by atoms with Crippen molar-refractivity contribution >= 4 is 17.4 Å². The summed E-state index contributed by atoms with van der Waals surface area (Å²) in [6, 6.07) is 10.2. The highest BCUT2D eigenvalue weighted by Gasteiger charge is 2.26. The molecule has 0 bridgehead atoms. The lowest BCUT2D eigenvalue weighted by Crippen LogP contribution is -3.27. The van der Waals surface area contributed by atoms with E-state index in [4.69, 9.17) is 11.6 Å². The van der Waals surface area contributed by atoms with E-state index in [2.05, 4.69) is 23.6 Å². The van der Waals surface area contributed by atoms with Crippen molar-refractivity contribution in [2.24, 2.45) is 7.05 Å². The molecule has 0 atom stereocenters. The fourth-order valence-corrected chi connectivity index (χ4v) is 3.79. The van der Waals surface area contributed by atoms with E-state index in [0.717, 1.165) is 54.7 Å². The Hall–Kier alpha value is -1.62. The number of hydrogen-bond donors (Lipinski definition) is 2. The van der Waals surface area contributed by atoms with Crippen molar-refractivity contribution in [1.82, 2.24) is 4.57 Å². The van der Waals surface area contributed by atoms with Crippen LogP contribution < -0.4 is 9.80 Å². The van der Waals surface area contributed by atoms with Crippen LogP contribution in [0.15, 0.2) is 30.3 Å². The normalized spacial score (nSPS) is 20.6. The molecule has 134 valence electrons. The number of Topliss-reactive ketones (excluding diaryl/α,β-unsaturated/α-hetero) is 1. The number of rotatable bonds is 5. The SMILES string of the molecule is Cc1cc(C(=O)C[NH+]2CC[NH+](Cc3ccc(Cl)cc3)CC2)c(C)n1C. The molecule has 0 aliphatic carbocycles. The molecule has 1 saturated heterocycles. The molecule has 0 saturated carbocycles. The van der Waals surface area contributed by atoms with Crippen LogP contribution in [0.5, 0.6) is 0 Å². The Bertz CT molecular complexity index is 743. The molecule has 1 aromatic carbocycles. The molecular weight excluding hydrogens is 334 g/mol. The van der Waals surface area contributed by atoms with E-state index in [9.17, 15) is 4.79 Å². The predicted molar refractivity (Wildman–Crippen MR) is 101 cm³/mol. The van der Waals surface area contributed by atoms with E-state index in [0.29, 0.717) is 6.54 Å². The van der Waals surface area contributed by atoms with E-state index in [-0.39, 0.29) is 5.78 Å². The summed E-state index contributed by atoms with van der Waals surface area (Å²) in [5.41, 5.74) is 4.44. The monoisotopic (exact) mass is 361 g/mol. The van der Waals surface area contributed by atoms with Crippen LogP contribution in [0.4, 0.5) is 0 Å². The van der Waals surface area contributed by atoms with Crippen molar-refractivity contribution in [2.75, 3.05) is 32.7 Å². The maximum Gasteiger partial charge on any atom is 0.218 e. The highest BCUT2D eigenvalue weighted by atomic mass is 35.5. The predicted octanol–water partition coefficient (Wildman–Crippen LogP) is 0.462. The van der Waals surface area contributed by atoms with Gasteiger partial charge >= 0.3 is 0 Å². The number of carbonyl (C=O) groups is 1. The number of aromatic nitrogens is 1.